The van der Waals surface area contributed by atoms with Gasteiger partial charge in [-0.05, 0) is 24.6 Å². The molecule has 0 radical (unpaired) electrons. The zero-order valence-corrected chi connectivity index (χ0v) is 18.0. The maximum Gasteiger partial charge on any atom is 0.205 e. The molecule has 0 aliphatic carbocycles. The molecule has 0 bridgehead atoms. The van der Waals surface area contributed by atoms with Crippen LogP contribution in [-0.2, 0) is 13.0 Å². The molecule has 152 valence electrons. The lowest BCUT2D eigenvalue weighted by atomic mass is 10.2. The van der Waals surface area contributed by atoms with E-state index < -0.39 is 0 Å². The molecule has 0 saturated carbocycles. The quantitative estimate of drug-likeness (QED) is 0.584. The van der Waals surface area contributed by atoms with Crippen molar-refractivity contribution in [1.29, 1.82) is 0 Å². The zero-order valence-electron chi connectivity index (χ0n) is 17.2. The van der Waals surface area contributed by atoms with E-state index in [9.17, 15) is 0 Å². The van der Waals surface area contributed by atoms with Crippen molar-refractivity contribution in [3.63, 3.8) is 0 Å². The van der Waals surface area contributed by atoms with Crippen LogP contribution < -0.4 is 15.1 Å². The molecule has 0 atom stereocenters. The van der Waals surface area contributed by atoms with Crippen LogP contribution in [0.4, 0.5) is 10.9 Å². The van der Waals surface area contributed by atoms with Gasteiger partial charge in [-0.1, -0.05) is 6.92 Å². The van der Waals surface area contributed by atoms with Gasteiger partial charge in [0.2, 0.25) is 5.13 Å². The highest BCUT2D eigenvalue weighted by atomic mass is 32.1. The average molecular weight is 403 g/mol. The molecule has 1 N–H and O–H groups in total. The summed E-state index contributed by atoms with van der Waals surface area (Å²) >= 11 is 1.50. The summed E-state index contributed by atoms with van der Waals surface area (Å²) in [6.45, 7) is 9.41. The molecule has 1 aliphatic heterocycles. The number of nitrogens with one attached hydrogen (secondary N) is 1. The van der Waals surface area contributed by atoms with E-state index >= 15 is 0 Å². The van der Waals surface area contributed by atoms with Gasteiger partial charge in [0.1, 0.15) is 11.6 Å². The number of guanidine groups is 1. The third kappa shape index (κ3) is 5.09. The van der Waals surface area contributed by atoms with Gasteiger partial charge in [-0.3, -0.25) is 0 Å². The van der Waals surface area contributed by atoms with Crippen molar-refractivity contribution in [3.8, 4) is 0 Å². The summed E-state index contributed by atoms with van der Waals surface area (Å²) in [6, 6.07) is 4.12. The monoisotopic (exact) mass is 402 g/mol. The van der Waals surface area contributed by atoms with E-state index in [1.54, 1.807) is 0 Å². The molecule has 1 saturated heterocycles. The fourth-order valence-electron chi connectivity index (χ4n) is 3.02. The Labute approximate surface area is 171 Å². The summed E-state index contributed by atoms with van der Waals surface area (Å²) < 4.78 is 4.41. The van der Waals surface area contributed by atoms with Crippen LogP contribution >= 0.6 is 11.5 Å². The summed E-state index contributed by atoms with van der Waals surface area (Å²) in [7, 11) is 4.00. The van der Waals surface area contributed by atoms with Gasteiger partial charge in [0.15, 0.2) is 5.96 Å². The number of nitrogens with zero attached hydrogens (tertiary/aromatic N) is 7. The van der Waals surface area contributed by atoms with Gasteiger partial charge < -0.3 is 20.0 Å². The van der Waals surface area contributed by atoms with Crippen molar-refractivity contribution >= 4 is 28.4 Å². The van der Waals surface area contributed by atoms with Crippen molar-refractivity contribution in [1.82, 2.24) is 24.6 Å². The Morgan fingerprint density at radius 3 is 2.68 bits per heavy atom. The number of hydrogen-bond acceptors (Lipinski definition) is 7. The van der Waals surface area contributed by atoms with E-state index in [0.29, 0.717) is 6.54 Å². The Bertz CT molecular complexity index is 780. The standard InChI is InChI=1S/C19H30N8S/c1-5-16-23-19(28-24-16)27-11-9-26(10-12-27)18(20-6-2)22-14-15-7-8-21-17(13-15)25(3)4/h7-8,13H,5-6,9-12,14H2,1-4H3,(H,20,22). The van der Waals surface area contributed by atoms with Crippen molar-refractivity contribution in [2.24, 2.45) is 4.99 Å². The predicted molar refractivity (Wildman–Crippen MR) is 116 cm³/mol. The Hall–Kier alpha value is -2.42. The summed E-state index contributed by atoms with van der Waals surface area (Å²) in [4.78, 5) is 20.5. The molecule has 9 heteroatoms. The van der Waals surface area contributed by atoms with E-state index in [-0.39, 0.29) is 0 Å². The zero-order chi connectivity index (χ0) is 19.9. The number of aliphatic imine (C=N–C) groups is 1. The van der Waals surface area contributed by atoms with Crippen LogP contribution in [0.3, 0.4) is 0 Å². The summed E-state index contributed by atoms with van der Waals surface area (Å²) in [6.07, 6.45) is 2.73. The van der Waals surface area contributed by atoms with Crippen LogP contribution in [0.1, 0.15) is 25.2 Å². The smallest absolute Gasteiger partial charge is 0.205 e. The van der Waals surface area contributed by atoms with Crippen LogP contribution in [0, 0.1) is 0 Å². The van der Waals surface area contributed by atoms with Gasteiger partial charge in [0, 0.05) is 71.0 Å². The molecular weight excluding hydrogens is 372 g/mol. The van der Waals surface area contributed by atoms with E-state index in [0.717, 1.165) is 67.4 Å². The van der Waals surface area contributed by atoms with E-state index in [1.165, 1.54) is 11.5 Å². The van der Waals surface area contributed by atoms with Crippen molar-refractivity contribution in [2.75, 3.05) is 56.6 Å². The van der Waals surface area contributed by atoms with Crippen LogP contribution in [-0.4, -0.2) is 72.0 Å². The molecule has 3 heterocycles. The van der Waals surface area contributed by atoms with Crippen LogP contribution in [0.5, 0.6) is 0 Å². The SMILES string of the molecule is CCNC(=NCc1ccnc(N(C)C)c1)N1CCN(c2nc(CC)ns2)CC1. The van der Waals surface area contributed by atoms with Gasteiger partial charge >= 0.3 is 0 Å². The molecule has 3 rings (SSSR count). The van der Waals surface area contributed by atoms with Crippen LogP contribution in [0.2, 0.25) is 0 Å². The maximum atomic E-state index is 4.86. The normalized spacial score (nSPS) is 15.1. The van der Waals surface area contributed by atoms with E-state index in [1.807, 2.05) is 31.3 Å². The first-order valence-corrected chi connectivity index (χ1v) is 10.6. The topological polar surface area (TPSA) is 72.8 Å². The number of rotatable bonds is 6. The van der Waals surface area contributed by atoms with Crippen molar-refractivity contribution < 1.29 is 0 Å². The van der Waals surface area contributed by atoms with Crippen molar-refractivity contribution in [3.05, 3.63) is 29.7 Å². The predicted octanol–water partition coefficient (Wildman–Crippen LogP) is 1.85. The highest BCUT2D eigenvalue weighted by Crippen LogP contribution is 2.19. The molecule has 0 unspecified atom stereocenters. The fraction of sp³-hybridized carbons (Fsp3) is 0.579. The molecule has 1 fully saturated rings. The minimum absolute atomic E-state index is 0.641. The first kappa shape index (κ1) is 20.3. The molecule has 0 amide bonds. The van der Waals surface area contributed by atoms with Gasteiger partial charge in [0.05, 0.1) is 6.54 Å². The van der Waals surface area contributed by atoms with Crippen molar-refractivity contribution in [2.45, 2.75) is 26.8 Å². The number of aryl methyl sites for hydroxylation is 1. The lowest BCUT2D eigenvalue weighted by molar-refractivity contribution is 0.372. The second-order valence-electron chi connectivity index (χ2n) is 6.91. The molecule has 1 aliphatic rings. The largest absolute Gasteiger partial charge is 0.363 e. The van der Waals surface area contributed by atoms with Gasteiger partial charge in [-0.25, -0.2) is 15.0 Å². The summed E-state index contributed by atoms with van der Waals surface area (Å²) in [5, 5.41) is 4.47. The Kier molecular flexibility index (Phi) is 7.02. The molecule has 2 aromatic heterocycles. The summed E-state index contributed by atoms with van der Waals surface area (Å²) in [5.74, 6) is 2.86. The number of hydrogen-bond donors (Lipinski definition) is 1. The third-order valence-electron chi connectivity index (χ3n) is 4.64. The first-order chi connectivity index (χ1) is 13.6. The maximum absolute atomic E-state index is 4.86. The van der Waals surface area contributed by atoms with Crippen LogP contribution in [0.15, 0.2) is 23.3 Å². The minimum atomic E-state index is 0.641. The van der Waals surface area contributed by atoms with Crippen LogP contribution in [0.25, 0.3) is 0 Å². The Balaban J connectivity index is 1.62. The lowest BCUT2D eigenvalue weighted by Crippen LogP contribution is -2.52. The number of pyridine rings is 1. The Morgan fingerprint density at radius 2 is 2.04 bits per heavy atom. The van der Waals surface area contributed by atoms with Gasteiger partial charge in [0.25, 0.3) is 0 Å². The molecule has 2 aromatic rings. The molecule has 28 heavy (non-hydrogen) atoms. The first-order valence-electron chi connectivity index (χ1n) is 9.83. The number of aromatic nitrogens is 3. The number of anilines is 2. The molecule has 8 nitrogen and oxygen atoms in total. The fourth-order valence-corrected chi connectivity index (χ4v) is 3.82. The second-order valence-corrected chi connectivity index (χ2v) is 7.64. The second kappa shape index (κ2) is 9.68. The summed E-state index contributed by atoms with van der Waals surface area (Å²) in [5.41, 5.74) is 1.16. The lowest BCUT2D eigenvalue weighted by Gasteiger charge is -2.36. The van der Waals surface area contributed by atoms with Gasteiger partial charge in [-0.15, -0.1) is 0 Å². The van der Waals surface area contributed by atoms with Gasteiger partial charge in [-0.2, -0.15) is 4.37 Å². The van der Waals surface area contributed by atoms with E-state index in [4.69, 9.17) is 4.99 Å². The highest BCUT2D eigenvalue weighted by Gasteiger charge is 2.22. The Morgan fingerprint density at radius 1 is 1.25 bits per heavy atom. The highest BCUT2D eigenvalue weighted by molar-refractivity contribution is 7.09. The average Bonchev–Trinajstić information content (AvgIpc) is 3.21. The molecular formula is C19H30N8S. The third-order valence-corrected chi connectivity index (χ3v) is 5.45. The van der Waals surface area contributed by atoms with E-state index in [2.05, 4.69) is 49.4 Å². The minimum Gasteiger partial charge on any atom is -0.363 e. The molecule has 0 spiro atoms. The molecule has 0 aromatic carbocycles. The number of piperazine rings is 1.